The van der Waals surface area contributed by atoms with Gasteiger partial charge in [0.05, 0.1) is 13.2 Å². The zero-order chi connectivity index (χ0) is 13.8. The molecule has 3 heterocycles. The predicted molar refractivity (Wildman–Crippen MR) is 75.0 cm³/mol. The van der Waals surface area contributed by atoms with Crippen LogP contribution >= 0.6 is 0 Å². The van der Waals surface area contributed by atoms with Crippen molar-refractivity contribution in [1.82, 2.24) is 15.0 Å². The maximum atomic E-state index is 5.41. The van der Waals surface area contributed by atoms with Gasteiger partial charge in [-0.05, 0) is 31.5 Å². The third kappa shape index (κ3) is 3.23. The van der Waals surface area contributed by atoms with Crippen LogP contribution < -0.4 is 0 Å². The summed E-state index contributed by atoms with van der Waals surface area (Å²) >= 11 is 0. The first kappa shape index (κ1) is 13.3. The molecule has 0 unspecified atom stereocenters. The van der Waals surface area contributed by atoms with E-state index >= 15 is 0 Å². The molecule has 5 nitrogen and oxygen atoms in total. The fraction of sp³-hybridized carbons (Fsp3) is 0.467. The third-order valence-corrected chi connectivity index (χ3v) is 3.55. The zero-order valence-corrected chi connectivity index (χ0v) is 11.7. The zero-order valence-electron chi connectivity index (χ0n) is 11.7. The Kier molecular flexibility index (Phi) is 4.08. The largest absolute Gasteiger partial charge is 0.381 e. The lowest BCUT2D eigenvalue weighted by Crippen LogP contribution is -2.25. The number of hydrogen-bond acceptors (Lipinski definition) is 5. The van der Waals surface area contributed by atoms with Gasteiger partial charge in [-0.1, -0.05) is 5.16 Å². The van der Waals surface area contributed by atoms with Crippen molar-refractivity contribution in [3.63, 3.8) is 0 Å². The van der Waals surface area contributed by atoms with Crippen LogP contribution in [0.4, 0.5) is 0 Å². The number of rotatable bonds is 5. The fourth-order valence-electron chi connectivity index (χ4n) is 2.54. The van der Waals surface area contributed by atoms with E-state index in [0.29, 0.717) is 5.92 Å². The Bertz CT molecular complexity index is 535. The van der Waals surface area contributed by atoms with E-state index in [1.165, 1.54) is 0 Å². The molecule has 2 aromatic rings. The van der Waals surface area contributed by atoms with Crippen LogP contribution in [-0.2, 0) is 11.3 Å². The molecule has 3 rings (SSSR count). The second kappa shape index (κ2) is 6.15. The van der Waals surface area contributed by atoms with Crippen molar-refractivity contribution in [2.45, 2.75) is 13.0 Å². The highest BCUT2D eigenvalue weighted by Gasteiger charge is 2.18. The number of hydrogen-bond donors (Lipinski definition) is 0. The van der Waals surface area contributed by atoms with E-state index in [1.54, 1.807) is 12.4 Å². The normalized spacial score (nSPS) is 18.8. The summed E-state index contributed by atoms with van der Waals surface area (Å²) < 4.78 is 10.8. The minimum Gasteiger partial charge on any atom is -0.381 e. The summed E-state index contributed by atoms with van der Waals surface area (Å²) in [5, 5.41) is 4.12. The van der Waals surface area contributed by atoms with Crippen molar-refractivity contribution in [3.05, 3.63) is 36.4 Å². The Labute approximate surface area is 118 Å². The van der Waals surface area contributed by atoms with Gasteiger partial charge < -0.3 is 9.26 Å². The lowest BCUT2D eigenvalue weighted by Gasteiger charge is -2.18. The lowest BCUT2D eigenvalue weighted by atomic mass is 10.1. The average Bonchev–Trinajstić information content (AvgIpc) is 3.11. The Balaban J connectivity index is 1.59. The minimum atomic E-state index is 0.641. The maximum Gasteiger partial charge on any atom is 0.151 e. The molecule has 1 aliphatic rings. The topological polar surface area (TPSA) is 51.4 Å². The van der Waals surface area contributed by atoms with Gasteiger partial charge >= 0.3 is 0 Å². The van der Waals surface area contributed by atoms with Crippen LogP contribution in [0.3, 0.4) is 0 Å². The molecule has 1 saturated heterocycles. The summed E-state index contributed by atoms with van der Waals surface area (Å²) in [6, 6.07) is 5.86. The molecule has 0 saturated carbocycles. The molecule has 0 amide bonds. The van der Waals surface area contributed by atoms with E-state index in [4.69, 9.17) is 9.26 Å². The van der Waals surface area contributed by atoms with Crippen LogP contribution in [0, 0.1) is 5.92 Å². The van der Waals surface area contributed by atoms with Crippen molar-refractivity contribution in [1.29, 1.82) is 0 Å². The molecule has 1 fully saturated rings. The number of aromatic nitrogens is 2. The molecule has 1 atom stereocenters. The molecule has 0 aromatic carbocycles. The molecule has 106 valence electrons. The summed E-state index contributed by atoms with van der Waals surface area (Å²) in [6.45, 7) is 3.58. The van der Waals surface area contributed by atoms with E-state index in [0.717, 1.165) is 49.7 Å². The SMILES string of the molecule is CN(Cc1cc(-c2ccncc2)no1)C[C@@H]1CCOC1. The van der Waals surface area contributed by atoms with Gasteiger partial charge in [-0.25, -0.2) is 0 Å². The monoisotopic (exact) mass is 273 g/mol. The van der Waals surface area contributed by atoms with Crippen LogP contribution in [0.5, 0.6) is 0 Å². The van der Waals surface area contributed by atoms with Crippen molar-refractivity contribution in [3.8, 4) is 11.3 Å². The van der Waals surface area contributed by atoms with E-state index in [-0.39, 0.29) is 0 Å². The summed E-state index contributed by atoms with van der Waals surface area (Å²) in [6.07, 6.45) is 4.68. The van der Waals surface area contributed by atoms with Crippen molar-refractivity contribution < 1.29 is 9.26 Å². The molecule has 0 aliphatic carbocycles. The molecular formula is C15H19N3O2. The van der Waals surface area contributed by atoms with Gasteiger partial charge in [0.1, 0.15) is 5.69 Å². The first-order valence-corrected chi connectivity index (χ1v) is 6.93. The molecule has 0 radical (unpaired) electrons. The summed E-state index contributed by atoms with van der Waals surface area (Å²) in [5.74, 6) is 1.53. The molecular weight excluding hydrogens is 254 g/mol. The summed E-state index contributed by atoms with van der Waals surface area (Å²) in [4.78, 5) is 6.27. The molecule has 1 aliphatic heterocycles. The Hall–Kier alpha value is -1.72. The van der Waals surface area contributed by atoms with Gasteiger partial charge in [-0.2, -0.15) is 0 Å². The first-order chi connectivity index (χ1) is 9.81. The third-order valence-electron chi connectivity index (χ3n) is 3.55. The van der Waals surface area contributed by atoms with Gasteiger partial charge in [-0.3, -0.25) is 9.88 Å². The van der Waals surface area contributed by atoms with Gasteiger partial charge in [0.15, 0.2) is 5.76 Å². The number of ether oxygens (including phenoxy) is 1. The standard InChI is InChI=1S/C15H19N3O2/c1-18(9-12-4-7-19-11-12)10-14-8-15(17-20-14)13-2-5-16-6-3-13/h2-3,5-6,8,12H,4,7,9-11H2,1H3/t12-/m0/s1. The Morgan fingerprint density at radius 1 is 1.35 bits per heavy atom. The van der Waals surface area contributed by atoms with E-state index in [1.807, 2.05) is 18.2 Å². The van der Waals surface area contributed by atoms with E-state index in [2.05, 4.69) is 22.1 Å². The maximum absolute atomic E-state index is 5.41. The number of nitrogens with zero attached hydrogens (tertiary/aromatic N) is 3. The van der Waals surface area contributed by atoms with Gasteiger partial charge in [0.25, 0.3) is 0 Å². The average molecular weight is 273 g/mol. The van der Waals surface area contributed by atoms with Crippen molar-refractivity contribution in [2.75, 3.05) is 26.8 Å². The van der Waals surface area contributed by atoms with Crippen LogP contribution in [0.2, 0.25) is 0 Å². The summed E-state index contributed by atoms with van der Waals surface area (Å²) in [5.41, 5.74) is 1.89. The highest BCUT2D eigenvalue weighted by atomic mass is 16.5. The van der Waals surface area contributed by atoms with E-state index in [9.17, 15) is 0 Å². The second-order valence-electron chi connectivity index (χ2n) is 5.34. The molecule has 20 heavy (non-hydrogen) atoms. The Morgan fingerprint density at radius 2 is 2.20 bits per heavy atom. The summed E-state index contributed by atoms with van der Waals surface area (Å²) in [7, 11) is 2.10. The Morgan fingerprint density at radius 3 is 2.95 bits per heavy atom. The van der Waals surface area contributed by atoms with Gasteiger partial charge in [0, 0.05) is 37.2 Å². The van der Waals surface area contributed by atoms with Crippen LogP contribution in [0.15, 0.2) is 35.1 Å². The molecule has 0 spiro atoms. The highest BCUT2D eigenvalue weighted by molar-refractivity contribution is 5.57. The first-order valence-electron chi connectivity index (χ1n) is 6.93. The van der Waals surface area contributed by atoms with Crippen LogP contribution in [0.25, 0.3) is 11.3 Å². The minimum absolute atomic E-state index is 0.641. The molecule has 2 aromatic heterocycles. The van der Waals surface area contributed by atoms with Crippen LogP contribution in [0.1, 0.15) is 12.2 Å². The second-order valence-corrected chi connectivity index (χ2v) is 5.34. The molecule has 0 bridgehead atoms. The lowest BCUT2D eigenvalue weighted by molar-refractivity contribution is 0.169. The van der Waals surface area contributed by atoms with Gasteiger partial charge in [-0.15, -0.1) is 0 Å². The molecule has 5 heteroatoms. The van der Waals surface area contributed by atoms with Gasteiger partial charge in [0.2, 0.25) is 0 Å². The molecule has 0 N–H and O–H groups in total. The van der Waals surface area contributed by atoms with E-state index < -0.39 is 0 Å². The van der Waals surface area contributed by atoms with Crippen molar-refractivity contribution in [2.24, 2.45) is 5.92 Å². The highest BCUT2D eigenvalue weighted by Crippen LogP contribution is 2.19. The fourth-order valence-corrected chi connectivity index (χ4v) is 2.54. The number of pyridine rings is 1. The van der Waals surface area contributed by atoms with Crippen LogP contribution in [-0.4, -0.2) is 41.8 Å². The smallest absolute Gasteiger partial charge is 0.151 e. The van der Waals surface area contributed by atoms with Crippen molar-refractivity contribution >= 4 is 0 Å². The quantitative estimate of drug-likeness (QED) is 0.836. The predicted octanol–water partition coefficient (Wildman–Crippen LogP) is 2.20.